The zero-order chi connectivity index (χ0) is 20.8. The highest BCUT2D eigenvalue weighted by atomic mass is 16.5. The minimum atomic E-state index is -0.469. The molecule has 3 aromatic rings. The number of aromatic nitrogens is 2. The van der Waals surface area contributed by atoms with Gasteiger partial charge in [0, 0.05) is 17.7 Å². The van der Waals surface area contributed by atoms with Crippen molar-refractivity contribution in [2.24, 2.45) is 0 Å². The maximum atomic E-state index is 12.6. The maximum Gasteiger partial charge on any atom is 0.339 e. The quantitative estimate of drug-likeness (QED) is 0.622. The molecule has 3 rings (SSSR count). The summed E-state index contributed by atoms with van der Waals surface area (Å²) in [5.74, 6) is 0.0243. The molecule has 0 aliphatic heterocycles. The van der Waals surface area contributed by atoms with Gasteiger partial charge in [0.05, 0.1) is 18.4 Å². The molecular weight excluding hydrogens is 368 g/mol. The summed E-state index contributed by atoms with van der Waals surface area (Å²) in [6.07, 6.45) is 0. The van der Waals surface area contributed by atoms with Gasteiger partial charge < -0.3 is 15.4 Å². The van der Waals surface area contributed by atoms with Gasteiger partial charge in [-0.25, -0.2) is 14.8 Å². The maximum absolute atomic E-state index is 12.6. The van der Waals surface area contributed by atoms with Crippen LogP contribution in [0.2, 0.25) is 0 Å². The number of hydrogen-bond acceptors (Lipinski definition) is 6. The van der Waals surface area contributed by atoms with Crippen molar-refractivity contribution in [1.29, 1.82) is 0 Å². The third-order valence-electron chi connectivity index (χ3n) is 4.01. The first-order valence-electron chi connectivity index (χ1n) is 9.17. The first-order valence-corrected chi connectivity index (χ1v) is 9.17. The summed E-state index contributed by atoms with van der Waals surface area (Å²) < 4.78 is 4.84. The van der Waals surface area contributed by atoms with Crippen molar-refractivity contribution in [3.63, 3.8) is 0 Å². The highest BCUT2D eigenvalue weighted by Gasteiger charge is 2.16. The van der Waals surface area contributed by atoms with Crippen LogP contribution in [-0.4, -0.2) is 35.0 Å². The van der Waals surface area contributed by atoms with E-state index in [1.165, 1.54) is 7.11 Å². The smallest absolute Gasteiger partial charge is 0.339 e. The molecule has 0 atom stereocenters. The fraction of sp³-hybridized carbons (Fsp3) is 0.182. The number of anilines is 2. The van der Waals surface area contributed by atoms with Crippen molar-refractivity contribution in [2.75, 3.05) is 12.4 Å². The third kappa shape index (κ3) is 4.95. The van der Waals surface area contributed by atoms with Crippen LogP contribution in [0.25, 0.3) is 11.4 Å². The average Bonchev–Trinajstić information content (AvgIpc) is 2.73. The van der Waals surface area contributed by atoms with Gasteiger partial charge in [-0.3, -0.25) is 4.79 Å². The molecule has 0 bridgehead atoms. The first kappa shape index (κ1) is 20.0. The van der Waals surface area contributed by atoms with Crippen LogP contribution in [0.4, 0.5) is 11.5 Å². The lowest BCUT2D eigenvalue weighted by atomic mass is 10.1. The molecular formula is C22H22N4O3. The summed E-state index contributed by atoms with van der Waals surface area (Å²) in [4.78, 5) is 33.6. The van der Waals surface area contributed by atoms with E-state index in [9.17, 15) is 9.59 Å². The Morgan fingerprint density at radius 3 is 2.34 bits per heavy atom. The summed E-state index contributed by atoms with van der Waals surface area (Å²) in [6, 6.07) is 17.8. The van der Waals surface area contributed by atoms with Gasteiger partial charge in [0.1, 0.15) is 11.5 Å². The number of esters is 1. The fourth-order valence-electron chi connectivity index (χ4n) is 2.70. The SMILES string of the molecule is COC(=O)c1ccccc1Nc1cc(C(=O)NC(C)C)nc(-c2ccccc2)n1. The largest absolute Gasteiger partial charge is 0.465 e. The van der Waals surface area contributed by atoms with Crippen molar-refractivity contribution in [3.05, 3.63) is 71.9 Å². The molecule has 2 aromatic carbocycles. The third-order valence-corrected chi connectivity index (χ3v) is 4.01. The van der Waals surface area contributed by atoms with Gasteiger partial charge in [-0.15, -0.1) is 0 Å². The molecule has 0 radical (unpaired) electrons. The van der Waals surface area contributed by atoms with Crippen LogP contribution >= 0.6 is 0 Å². The monoisotopic (exact) mass is 390 g/mol. The lowest BCUT2D eigenvalue weighted by Gasteiger charge is -2.13. The lowest BCUT2D eigenvalue weighted by molar-refractivity contribution is 0.0601. The Labute approximate surface area is 169 Å². The molecule has 0 saturated carbocycles. The molecule has 1 heterocycles. The van der Waals surface area contributed by atoms with Gasteiger partial charge >= 0.3 is 5.97 Å². The van der Waals surface area contributed by atoms with Gasteiger partial charge in [-0.2, -0.15) is 0 Å². The number of carbonyl (C=O) groups excluding carboxylic acids is 2. The second-order valence-electron chi connectivity index (χ2n) is 6.62. The number of amides is 1. The number of nitrogens with zero attached hydrogens (tertiary/aromatic N) is 2. The van der Waals surface area contributed by atoms with Crippen LogP contribution in [0.15, 0.2) is 60.7 Å². The lowest BCUT2D eigenvalue weighted by Crippen LogP contribution is -2.31. The molecule has 0 fully saturated rings. The first-order chi connectivity index (χ1) is 14.0. The van der Waals surface area contributed by atoms with Gasteiger partial charge in [0.25, 0.3) is 5.91 Å². The van der Waals surface area contributed by atoms with E-state index in [1.807, 2.05) is 44.2 Å². The van der Waals surface area contributed by atoms with Crippen LogP contribution < -0.4 is 10.6 Å². The molecule has 0 aliphatic carbocycles. The number of methoxy groups -OCH3 is 1. The highest BCUT2D eigenvalue weighted by molar-refractivity contribution is 5.97. The predicted molar refractivity (Wildman–Crippen MR) is 111 cm³/mol. The van der Waals surface area contributed by atoms with Crippen molar-refractivity contribution in [2.45, 2.75) is 19.9 Å². The number of carbonyl (C=O) groups is 2. The fourth-order valence-corrected chi connectivity index (χ4v) is 2.70. The Morgan fingerprint density at radius 2 is 1.66 bits per heavy atom. The number of nitrogens with one attached hydrogen (secondary N) is 2. The Bertz CT molecular complexity index is 1020. The molecule has 0 saturated heterocycles. The molecule has 1 aromatic heterocycles. The van der Waals surface area contributed by atoms with Crippen LogP contribution in [0, 0.1) is 0 Å². The molecule has 0 unspecified atom stereocenters. The van der Waals surface area contributed by atoms with Gasteiger partial charge in [0.2, 0.25) is 0 Å². The Morgan fingerprint density at radius 1 is 0.966 bits per heavy atom. The van der Waals surface area contributed by atoms with Crippen LogP contribution in [0.1, 0.15) is 34.7 Å². The minimum absolute atomic E-state index is 0.0332. The topological polar surface area (TPSA) is 93.2 Å². The van der Waals surface area contributed by atoms with E-state index < -0.39 is 5.97 Å². The van der Waals surface area contributed by atoms with E-state index in [1.54, 1.807) is 30.3 Å². The van der Waals surface area contributed by atoms with E-state index in [4.69, 9.17) is 4.74 Å². The number of rotatable bonds is 6. The number of para-hydroxylation sites is 1. The molecule has 148 valence electrons. The molecule has 1 amide bonds. The number of ether oxygens (including phenoxy) is 1. The van der Waals surface area contributed by atoms with Crippen molar-refractivity contribution >= 4 is 23.4 Å². The molecule has 2 N–H and O–H groups in total. The molecule has 0 spiro atoms. The second kappa shape index (κ2) is 8.97. The summed E-state index contributed by atoms with van der Waals surface area (Å²) >= 11 is 0. The predicted octanol–water partition coefficient (Wildman–Crippen LogP) is 3.81. The molecule has 7 heteroatoms. The summed E-state index contributed by atoms with van der Waals surface area (Å²) in [5.41, 5.74) is 1.89. The number of hydrogen-bond donors (Lipinski definition) is 2. The van der Waals surface area contributed by atoms with E-state index in [0.29, 0.717) is 22.9 Å². The van der Waals surface area contributed by atoms with Gasteiger partial charge in [0.15, 0.2) is 5.82 Å². The van der Waals surface area contributed by atoms with Gasteiger partial charge in [-0.05, 0) is 26.0 Å². The standard InChI is InChI=1S/C22H22N4O3/c1-14(2)23-21(27)18-13-19(26-20(25-18)15-9-5-4-6-10-15)24-17-12-8-7-11-16(17)22(28)29-3/h4-14H,1-3H3,(H,23,27)(H,24,25,26). The van der Waals surface area contributed by atoms with E-state index in [2.05, 4.69) is 20.6 Å². The van der Waals surface area contributed by atoms with E-state index >= 15 is 0 Å². The van der Waals surface area contributed by atoms with Crippen molar-refractivity contribution < 1.29 is 14.3 Å². The normalized spacial score (nSPS) is 10.5. The summed E-state index contributed by atoms with van der Waals surface area (Å²) in [6.45, 7) is 3.76. The van der Waals surface area contributed by atoms with Crippen LogP contribution in [0.5, 0.6) is 0 Å². The zero-order valence-electron chi connectivity index (χ0n) is 16.5. The summed E-state index contributed by atoms with van der Waals surface area (Å²) in [5, 5.41) is 5.95. The van der Waals surface area contributed by atoms with Gasteiger partial charge in [-0.1, -0.05) is 42.5 Å². The number of benzene rings is 2. The average molecular weight is 390 g/mol. The van der Waals surface area contributed by atoms with Crippen LogP contribution in [-0.2, 0) is 4.74 Å². The summed E-state index contributed by atoms with van der Waals surface area (Å²) in [7, 11) is 1.33. The second-order valence-corrected chi connectivity index (χ2v) is 6.62. The molecule has 7 nitrogen and oxygen atoms in total. The molecule has 0 aliphatic rings. The Kier molecular flexibility index (Phi) is 6.19. The highest BCUT2D eigenvalue weighted by Crippen LogP contribution is 2.23. The zero-order valence-corrected chi connectivity index (χ0v) is 16.5. The van der Waals surface area contributed by atoms with Crippen LogP contribution in [0.3, 0.4) is 0 Å². The minimum Gasteiger partial charge on any atom is -0.465 e. The van der Waals surface area contributed by atoms with E-state index in [-0.39, 0.29) is 17.6 Å². The van der Waals surface area contributed by atoms with Crippen molar-refractivity contribution in [1.82, 2.24) is 15.3 Å². The Hall–Kier alpha value is -3.74. The molecule has 29 heavy (non-hydrogen) atoms. The van der Waals surface area contributed by atoms with E-state index in [0.717, 1.165) is 5.56 Å². The van der Waals surface area contributed by atoms with Crippen molar-refractivity contribution in [3.8, 4) is 11.4 Å². The Balaban J connectivity index is 2.04.